The third kappa shape index (κ3) is 2.75. The van der Waals surface area contributed by atoms with Crippen molar-refractivity contribution in [2.75, 3.05) is 5.32 Å². The monoisotopic (exact) mass is 340 g/mol. The molecule has 6 nitrogen and oxygen atoms in total. The van der Waals surface area contributed by atoms with Crippen LogP contribution in [0.1, 0.15) is 67.1 Å². The number of rotatable bonds is 3. The molecule has 3 aliphatic rings. The topological polar surface area (TPSA) is 73.6 Å². The molecule has 130 valence electrons. The molecule has 6 heteroatoms. The molecule has 1 amide bonds. The lowest BCUT2D eigenvalue weighted by atomic mass is 9.94. The maximum Gasteiger partial charge on any atom is 0.277 e. The molecule has 0 bridgehead atoms. The quantitative estimate of drug-likeness (QED) is 0.905. The highest BCUT2D eigenvalue weighted by atomic mass is 16.7. The predicted molar refractivity (Wildman–Crippen MR) is 89.9 cm³/mol. The maximum atomic E-state index is 12.4. The molecule has 2 fully saturated rings. The lowest BCUT2D eigenvalue weighted by Crippen LogP contribution is -2.40. The van der Waals surface area contributed by atoms with E-state index < -0.39 is 5.79 Å². The zero-order valence-electron chi connectivity index (χ0n) is 13.9. The second-order valence-electron chi connectivity index (χ2n) is 7.18. The summed E-state index contributed by atoms with van der Waals surface area (Å²) in [6.45, 7) is 0. The Bertz CT molecular complexity index is 819. The fourth-order valence-corrected chi connectivity index (χ4v) is 3.62. The smallest absolute Gasteiger partial charge is 0.277 e. The summed E-state index contributed by atoms with van der Waals surface area (Å²) in [4.78, 5) is 12.4. The number of amides is 1. The number of anilines is 1. The lowest BCUT2D eigenvalue weighted by Gasteiger charge is -2.31. The number of nitrogens with zero attached hydrogens (tertiary/aromatic N) is 1. The Morgan fingerprint density at radius 2 is 1.88 bits per heavy atom. The van der Waals surface area contributed by atoms with Gasteiger partial charge in [-0.15, -0.1) is 0 Å². The zero-order valence-corrected chi connectivity index (χ0v) is 13.9. The van der Waals surface area contributed by atoms with Crippen LogP contribution in [0.15, 0.2) is 28.8 Å². The summed E-state index contributed by atoms with van der Waals surface area (Å²) in [5.74, 6) is 1.90. The summed E-state index contributed by atoms with van der Waals surface area (Å²) in [5.41, 5.74) is 0.972. The Morgan fingerprint density at radius 1 is 1.08 bits per heavy atom. The van der Waals surface area contributed by atoms with Crippen LogP contribution >= 0.6 is 0 Å². The minimum Gasteiger partial charge on any atom is -0.448 e. The number of hydrogen-bond donors (Lipinski definition) is 1. The molecule has 25 heavy (non-hydrogen) atoms. The molecule has 0 unspecified atom stereocenters. The Hall–Kier alpha value is -2.50. The first-order chi connectivity index (χ1) is 12.2. The molecular weight excluding hydrogens is 320 g/mol. The van der Waals surface area contributed by atoms with Crippen LogP contribution in [0.4, 0.5) is 5.69 Å². The number of fused-ring (bicyclic) bond motifs is 1. The minimum absolute atomic E-state index is 0.276. The van der Waals surface area contributed by atoms with Gasteiger partial charge in [-0.25, -0.2) is 0 Å². The van der Waals surface area contributed by atoms with Gasteiger partial charge in [0.05, 0.1) is 0 Å². The fraction of sp³-hybridized carbons (Fsp3) is 0.474. The molecular formula is C19H20N2O4. The SMILES string of the molecule is O=C(Nc1ccc2c(c1)OC1(CCCCC1)O2)c1cc(C2CC2)on1. The van der Waals surface area contributed by atoms with Crippen molar-refractivity contribution in [2.24, 2.45) is 0 Å². The van der Waals surface area contributed by atoms with E-state index in [1.807, 2.05) is 18.2 Å². The normalized spacial score (nSPS) is 20.6. The van der Waals surface area contributed by atoms with Crippen molar-refractivity contribution in [3.05, 3.63) is 35.7 Å². The van der Waals surface area contributed by atoms with E-state index >= 15 is 0 Å². The van der Waals surface area contributed by atoms with Crippen LogP contribution in [0.5, 0.6) is 11.5 Å². The summed E-state index contributed by atoms with van der Waals surface area (Å²) in [5, 5.41) is 6.73. The van der Waals surface area contributed by atoms with Crippen molar-refractivity contribution in [2.45, 2.75) is 56.7 Å². The van der Waals surface area contributed by atoms with Crippen molar-refractivity contribution in [3.8, 4) is 11.5 Å². The molecule has 1 aromatic carbocycles. The van der Waals surface area contributed by atoms with Crippen LogP contribution in [0.3, 0.4) is 0 Å². The van der Waals surface area contributed by atoms with E-state index in [9.17, 15) is 4.79 Å². The van der Waals surface area contributed by atoms with E-state index in [4.69, 9.17) is 14.0 Å². The van der Waals surface area contributed by atoms with Gasteiger partial charge in [-0.05, 0) is 37.8 Å². The average molecular weight is 340 g/mol. The summed E-state index contributed by atoms with van der Waals surface area (Å²) in [6.07, 6.45) is 7.51. The third-order valence-electron chi connectivity index (χ3n) is 5.15. The van der Waals surface area contributed by atoms with Gasteiger partial charge in [0.1, 0.15) is 5.76 Å². The zero-order chi connectivity index (χ0) is 16.9. The largest absolute Gasteiger partial charge is 0.448 e. The van der Waals surface area contributed by atoms with Crippen molar-refractivity contribution in [1.29, 1.82) is 0 Å². The Labute approximate surface area is 145 Å². The summed E-state index contributed by atoms with van der Waals surface area (Å²) in [7, 11) is 0. The molecule has 0 radical (unpaired) electrons. The van der Waals surface area contributed by atoms with Gasteiger partial charge < -0.3 is 19.3 Å². The van der Waals surface area contributed by atoms with Crippen LogP contribution in [0, 0.1) is 0 Å². The number of carbonyl (C=O) groups is 1. The second kappa shape index (κ2) is 5.51. The highest BCUT2D eigenvalue weighted by Crippen LogP contribution is 2.46. The van der Waals surface area contributed by atoms with Crippen molar-refractivity contribution in [3.63, 3.8) is 0 Å². The maximum absolute atomic E-state index is 12.4. The molecule has 2 saturated carbocycles. The van der Waals surface area contributed by atoms with Crippen LogP contribution < -0.4 is 14.8 Å². The van der Waals surface area contributed by atoms with E-state index in [-0.39, 0.29) is 5.91 Å². The Morgan fingerprint density at radius 3 is 2.68 bits per heavy atom. The summed E-state index contributed by atoms with van der Waals surface area (Å²) in [6, 6.07) is 7.23. The van der Waals surface area contributed by atoms with Crippen LogP contribution in [0.25, 0.3) is 0 Å². The van der Waals surface area contributed by atoms with Crippen molar-refractivity contribution < 1.29 is 18.8 Å². The van der Waals surface area contributed by atoms with E-state index in [0.717, 1.165) is 50.0 Å². The first-order valence-electron chi connectivity index (χ1n) is 9.01. The number of aromatic nitrogens is 1. The molecule has 0 atom stereocenters. The van der Waals surface area contributed by atoms with Gasteiger partial charge in [0.25, 0.3) is 11.7 Å². The molecule has 0 saturated heterocycles. The predicted octanol–water partition coefficient (Wildman–Crippen LogP) is 4.24. The molecule has 5 rings (SSSR count). The standard InChI is InChI=1S/C19H20N2O4/c22-18(14-11-16(25-21-14)12-4-5-12)20-13-6-7-15-17(10-13)24-19(23-15)8-2-1-3-9-19/h6-7,10-12H,1-5,8-9H2,(H,20,22). The summed E-state index contributed by atoms with van der Waals surface area (Å²) >= 11 is 0. The van der Waals surface area contributed by atoms with Gasteiger partial charge in [0.15, 0.2) is 17.2 Å². The van der Waals surface area contributed by atoms with Crippen molar-refractivity contribution in [1.82, 2.24) is 5.16 Å². The molecule has 2 aromatic rings. The molecule has 2 aliphatic carbocycles. The number of ether oxygens (including phenoxy) is 2. The van der Waals surface area contributed by atoms with Gasteiger partial charge in [-0.2, -0.15) is 0 Å². The first kappa shape index (κ1) is 14.8. The average Bonchev–Trinajstić information content (AvgIpc) is 3.24. The van der Waals surface area contributed by atoms with Crippen LogP contribution in [-0.4, -0.2) is 16.9 Å². The Balaban J connectivity index is 1.31. The molecule has 1 N–H and O–H groups in total. The van der Waals surface area contributed by atoms with Gasteiger partial charge in [0.2, 0.25) is 0 Å². The second-order valence-corrected chi connectivity index (χ2v) is 7.18. The van der Waals surface area contributed by atoms with Gasteiger partial charge >= 0.3 is 0 Å². The highest BCUT2D eigenvalue weighted by molar-refractivity contribution is 6.03. The third-order valence-corrected chi connectivity index (χ3v) is 5.15. The van der Waals surface area contributed by atoms with Crippen LogP contribution in [0.2, 0.25) is 0 Å². The number of benzene rings is 1. The molecule has 1 aromatic heterocycles. The Kier molecular flexibility index (Phi) is 3.26. The number of nitrogens with one attached hydrogen (secondary N) is 1. The van der Waals surface area contributed by atoms with E-state index in [0.29, 0.717) is 23.0 Å². The van der Waals surface area contributed by atoms with E-state index in [1.165, 1.54) is 6.42 Å². The first-order valence-corrected chi connectivity index (χ1v) is 9.01. The fourth-order valence-electron chi connectivity index (χ4n) is 3.62. The number of hydrogen-bond acceptors (Lipinski definition) is 5. The van der Waals surface area contributed by atoms with Gasteiger partial charge in [0, 0.05) is 36.6 Å². The van der Waals surface area contributed by atoms with Gasteiger partial charge in [-0.1, -0.05) is 11.6 Å². The highest BCUT2D eigenvalue weighted by Gasteiger charge is 2.42. The van der Waals surface area contributed by atoms with E-state index in [1.54, 1.807) is 6.07 Å². The van der Waals surface area contributed by atoms with Gasteiger partial charge in [-0.3, -0.25) is 4.79 Å². The molecule has 1 aliphatic heterocycles. The summed E-state index contributed by atoms with van der Waals surface area (Å²) < 4.78 is 17.4. The van der Waals surface area contributed by atoms with Crippen LogP contribution in [-0.2, 0) is 0 Å². The van der Waals surface area contributed by atoms with E-state index in [2.05, 4.69) is 10.5 Å². The van der Waals surface area contributed by atoms with Crippen molar-refractivity contribution >= 4 is 11.6 Å². The molecule has 2 heterocycles. The minimum atomic E-state index is -0.505. The number of carbonyl (C=O) groups excluding carboxylic acids is 1. The molecule has 1 spiro atoms. The lowest BCUT2D eigenvalue weighted by molar-refractivity contribution is -0.105.